The van der Waals surface area contributed by atoms with Gasteiger partial charge in [0.1, 0.15) is 0 Å². The number of hydrogen-bond acceptors (Lipinski definition) is 3. The van der Waals surface area contributed by atoms with Crippen molar-refractivity contribution in [3.8, 4) is 0 Å². The molecule has 0 radical (unpaired) electrons. The molecule has 2 aromatic carbocycles. The SMILES string of the molecule is CCNC(=O)NC(=O)[C@@H](c1ccccc1)[NH+]1CCN(c2cccc(Cl)c2)CC1. The van der Waals surface area contributed by atoms with Crippen LogP contribution in [0.5, 0.6) is 0 Å². The van der Waals surface area contributed by atoms with Crippen LogP contribution in [0.2, 0.25) is 5.02 Å². The van der Waals surface area contributed by atoms with E-state index in [4.69, 9.17) is 11.6 Å². The Kier molecular flexibility index (Phi) is 6.90. The Morgan fingerprint density at radius 1 is 1.11 bits per heavy atom. The van der Waals surface area contributed by atoms with Crippen molar-refractivity contribution >= 4 is 29.2 Å². The van der Waals surface area contributed by atoms with Gasteiger partial charge in [-0.2, -0.15) is 0 Å². The molecule has 28 heavy (non-hydrogen) atoms. The number of halogens is 1. The summed E-state index contributed by atoms with van der Waals surface area (Å²) in [5.41, 5.74) is 2.00. The molecule has 1 atom stereocenters. The molecule has 3 rings (SSSR count). The van der Waals surface area contributed by atoms with Gasteiger partial charge < -0.3 is 15.1 Å². The van der Waals surface area contributed by atoms with Crippen LogP contribution in [-0.2, 0) is 4.79 Å². The summed E-state index contributed by atoms with van der Waals surface area (Å²) in [6.07, 6.45) is 0. The maximum Gasteiger partial charge on any atom is 0.321 e. The van der Waals surface area contributed by atoms with E-state index in [0.717, 1.165) is 47.4 Å². The molecule has 148 valence electrons. The summed E-state index contributed by atoms with van der Waals surface area (Å²) in [6.45, 7) is 5.49. The number of rotatable bonds is 5. The second-order valence-corrected chi connectivity index (χ2v) is 7.25. The maximum atomic E-state index is 12.9. The first-order chi connectivity index (χ1) is 13.6. The van der Waals surface area contributed by atoms with Gasteiger partial charge in [-0.05, 0) is 25.1 Å². The third-order valence-corrected chi connectivity index (χ3v) is 5.19. The average Bonchev–Trinajstić information content (AvgIpc) is 2.70. The van der Waals surface area contributed by atoms with Crippen LogP contribution in [0, 0.1) is 0 Å². The Morgan fingerprint density at radius 3 is 2.46 bits per heavy atom. The number of carbonyl (C=O) groups excluding carboxylic acids is 2. The first-order valence-electron chi connectivity index (χ1n) is 9.57. The predicted octanol–water partition coefficient (Wildman–Crippen LogP) is 1.63. The van der Waals surface area contributed by atoms with E-state index in [0.29, 0.717) is 6.54 Å². The lowest BCUT2D eigenvalue weighted by Crippen LogP contribution is -3.16. The molecular weight excluding hydrogens is 376 g/mol. The standard InChI is InChI=1S/C21H25ClN4O2/c1-2-23-21(28)24-20(27)19(16-7-4-3-5-8-16)26-13-11-25(12-14-26)18-10-6-9-17(22)15-18/h3-10,15,19H,2,11-14H2,1H3,(H2,23,24,27,28)/p+1/t19-/m1/s1. The molecule has 1 saturated heterocycles. The van der Waals surface area contributed by atoms with Crippen LogP contribution in [0.1, 0.15) is 18.5 Å². The highest BCUT2D eigenvalue weighted by Gasteiger charge is 2.35. The minimum atomic E-state index is -0.453. The fourth-order valence-corrected chi connectivity index (χ4v) is 3.80. The van der Waals surface area contributed by atoms with Gasteiger partial charge in [0, 0.05) is 22.8 Å². The minimum absolute atomic E-state index is 0.275. The molecule has 6 nitrogen and oxygen atoms in total. The molecule has 0 spiro atoms. The summed E-state index contributed by atoms with van der Waals surface area (Å²) in [6, 6.07) is 16.6. The molecule has 1 aliphatic heterocycles. The summed E-state index contributed by atoms with van der Waals surface area (Å²) < 4.78 is 0. The van der Waals surface area contributed by atoms with Crippen molar-refractivity contribution in [2.45, 2.75) is 13.0 Å². The lowest BCUT2D eigenvalue weighted by molar-refractivity contribution is -0.922. The van der Waals surface area contributed by atoms with Crippen LogP contribution in [0.4, 0.5) is 10.5 Å². The maximum absolute atomic E-state index is 12.9. The van der Waals surface area contributed by atoms with Crippen LogP contribution >= 0.6 is 11.6 Å². The van der Waals surface area contributed by atoms with Crippen molar-refractivity contribution in [3.63, 3.8) is 0 Å². The number of piperazine rings is 1. The van der Waals surface area contributed by atoms with Gasteiger partial charge in [-0.25, -0.2) is 4.79 Å². The number of nitrogens with zero attached hydrogens (tertiary/aromatic N) is 1. The highest BCUT2D eigenvalue weighted by atomic mass is 35.5. The Morgan fingerprint density at radius 2 is 1.82 bits per heavy atom. The molecule has 1 aliphatic rings. The second kappa shape index (κ2) is 9.57. The zero-order valence-electron chi connectivity index (χ0n) is 16.0. The van der Waals surface area contributed by atoms with Crippen molar-refractivity contribution in [2.24, 2.45) is 0 Å². The second-order valence-electron chi connectivity index (χ2n) is 6.82. The van der Waals surface area contributed by atoms with E-state index < -0.39 is 12.1 Å². The summed E-state index contributed by atoms with van der Waals surface area (Å²) in [4.78, 5) is 28.2. The van der Waals surface area contributed by atoms with E-state index in [9.17, 15) is 9.59 Å². The van der Waals surface area contributed by atoms with Gasteiger partial charge in [-0.15, -0.1) is 0 Å². The van der Waals surface area contributed by atoms with Gasteiger partial charge in [0.2, 0.25) is 0 Å². The van der Waals surface area contributed by atoms with Crippen LogP contribution in [0.25, 0.3) is 0 Å². The van der Waals surface area contributed by atoms with Crippen molar-refractivity contribution in [3.05, 3.63) is 65.2 Å². The minimum Gasteiger partial charge on any atom is -0.360 e. The van der Waals surface area contributed by atoms with Gasteiger partial charge in [-0.3, -0.25) is 10.1 Å². The topological polar surface area (TPSA) is 65.9 Å². The first-order valence-corrected chi connectivity index (χ1v) is 9.95. The van der Waals surface area contributed by atoms with Crippen molar-refractivity contribution in [1.82, 2.24) is 10.6 Å². The van der Waals surface area contributed by atoms with Crippen molar-refractivity contribution in [2.75, 3.05) is 37.6 Å². The third kappa shape index (κ3) is 5.03. The molecule has 2 aromatic rings. The molecule has 0 aromatic heterocycles. The van der Waals surface area contributed by atoms with Crippen LogP contribution in [0.3, 0.4) is 0 Å². The molecular formula is C21H26ClN4O2+. The number of quaternary nitrogens is 1. The molecule has 1 fully saturated rings. The lowest BCUT2D eigenvalue weighted by Gasteiger charge is -2.37. The Labute approximate surface area is 170 Å². The highest BCUT2D eigenvalue weighted by molar-refractivity contribution is 6.30. The normalized spacial score (nSPS) is 15.7. The number of nitrogens with one attached hydrogen (secondary N) is 3. The van der Waals surface area contributed by atoms with Gasteiger partial charge in [0.05, 0.1) is 26.2 Å². The zero-order valence-corrected chi connectivity index (χ0v) is 16.7. The number of amides is 3. The van der Waals surface area contributed by atoms with E-state index in [-0.39, 0.29) is 5.91 Å². The lowest BCUT2D eigenvalue weighted by atomic mass is 10.0. The van der Waals surface area contributed by atoms with E-state index in [1.165, 1.54) is 0 Å². The molecule has 7 heteroatoms. The van der Waals surface area contributed by atoms with E-state index in [1.807, 2.05) is 61.5 Å². The largest absolute Gasteiger partial charge is 0.360 e. The number of urea groups is 1. The van der Waals surface area contributed by atoms with Gasteiger partial charge in [-0.1, -0.05) is 48.0 Å². The Hall–Kier alpha value is -2.57. The molecule has 0 bridgehead atoms. The molecule has 3 N–H and O–H groups in total. The molecule has 0 saturated carbocycles. The van der Waals surface area contributed by atoms with E-state index >= 15 is 0 Å². The summed E-state index contributed by atoms with van der Waals surface area (Å²) in [5.74, 6) is -0.275. The Balaban J connectivity index is 1.73. The van der Waals surface area contributed by atoms with Crippen molar-refractivity contribution < 1.29 is 14.5 Å². The average molecular weight is 402 g/mol. The number of carbonyl (C=O) groups is 2. The molecule has 3 amide bonds. The number of benzene rings is 2. The fourth-order valence-electron chi connectivity index (χ4n) is 3.62. The van der Waals surface area contributed by atoms with Crippen LogP contribution in [-0.4, -0.2) is 44.7 Å². The van der Waals surface area contributed by atoms with Crippen LogP contribution < -0.4 is 20.4 Å². The number of anilines is 1. The van der Waals surface area contributed by atoms with Gasteiger partial charge in [0.25, 0.3) is 5.91 Å². The summed E-state index contributed by atoms with van der Waals surface area (Å²) in [5, 5.41) is 5.82. The predicted molar refractivity (Wildman–Crippen MR) is 111 cm³/mol. The fraction of sp³-hybridized carbons (Fsp3) is 0.333. The summed E-state index contributed by atoms with van der Waals surface area (Å²) in [7, 11) is 0. The third-order valence-electron chi connectivity index (χ3n) is 4.96. The smallest absolute Gasteiger partial charge is 0.321 e. The Bertz CT molecular complexity index is 807. The monoisotopic (exact) mass is 401 g/mol. The molecule has 0 aliphatic carbocycles. The van der Waals surface area contributed by atoms with E-state index in [1.54, 1.807) is 0 Å². The zero-order chi connectivity index (χ0) is 19.9. The van der Waals surface area contributed by atoms with Crippen molar-refractivity contribution in [1.29, 1.82) is 0 Å². The molecule has 0 unspecified atom stereocenters. The quantitative estimate of drug-likeness (QED) is 0.713. The molecule has 1 heterocycles. The van der Waals surface area contributed by atoms with Gasteiger partial charge in [0.15, 0.2) is 6.04 Å². The highest BCUT2D eigenvalue weighted by Crippen LogP contribution is 2.19. The number of hydrogen-bond donors (Lipinski definition) is 3. The van der Waals surface area contributed by atoms with Crippen LogP contribution in [0.15, 0.2) is 54.6 Å². The first kappa shape index (κ1) is 20.2. The summed E-state index contributed by atoms with van der Waals surface area (Å²) >= 11 is 6.12. The van der Waals surface area contributed by atoms with Gasteiger partial charge >= 0.3 is 6.03 Å². The number of imide groups is 1. The van der Waals surface area contributed by atoms with E-state index in [2.05, 4.69) is 15.5 Å².